The summed E-state index contributed by atoms with van der Waals surface area (Å²) in [6.07, 6.45) is -8.54. The number of aliphatic imine (C=N–C) groups is 1. The zero-order valence-electron chi connectivity index (χ0n) is 18.7. The fourth-order valence-corrected chi connectivity index (χ4v) is 3.23. The predicted molar refractivity (Wildman–Crippen MR) is 126 cm³/mol. The third-order valence-corrected chi connectivity index (χ3v) is 5.00. The van der Waals surface area contributed by atoms with Crippen molar-refractivity contribution in [1.82, 2.24) is 4.98 Å². The van der Waals surface area contributed by atoms with Crippen molar-refractivity contribution in [3.8, 4) is 11.8 Å². The molecule has 0 atom stereocenters. The predicted octanol–water partition coefficient (Wildman–Crippen LogP) is 4.73. The van der Waals surface area contributed by atoms with Crippen LogP contribution < -0.4 is 15.9 Å². The smallest absolute Gasteiger partial charge is 0.370 e. The van der Waals surface area contributed by atoms with Crippen LogP contribution in [-0.2, 0) is 12.4 Å². The Balaban J connectivity index is 2.09. The molecule has 0 bridgehead atoms. The van der Waals surface area contributed by atoms with E-state index in [0.29, 0.717) is 22.6 Å². The number of carbonyl (C=O) groups is 2. The molecule has 0 saturated carbocycles. The van der Waals surface area contributed by atoms with Crippen LogP contribution in [-0.4, -0.2) is 22.8 Å². The summed E-state index contributed by atoms with van der Waals surface area (Å²) in [5.74, 6) is 1.46. The summed E-state index contributed by atoms with van der Waals surface area (Å²) >= 11 is 5.93. The van der Waals surface area contributed by atoms with Crippen LogP contribution in [0.3, 0.4) is 0 Å². The number of hydrogen-bond donors (Lipinski definition) is 2. The van der Waals surface area contributed by atoms with E-state index in [1.54, 1.807) is 0 Å². The molecule has 0 aliphatic heterocycles. The Morgan fingerprint density at radius 2 is 1.58 bits per heavy atom. The number of anilines is 1. The number of halogens is 7. The van der Waals surface area contributed by atoms with Gasteiger partial charge in [-0.3, -0.25) is 9.59 Å². The topological polar surface area (TPSA) is 115 Å². The van der Waals surface area contributed by atoms with E-state index in [-0.39, 0.29) is 16.9 Å². The normalized spacial score (nSPS) is 11.2. The van der Waals surface area contributed by atoms with Gasteiger partial charge < -0.3 is 11.5 Å². The van der Waals surface area contributed by atoms with Gasteiger partial charge in [0.15, 0.2) is 11.8 Å². The van der Waals surface area contributed by atoms with Gasteiger partial charge in [0.2, 0.25) is 0 Å². The van der Waals surface area contributed by atoms with Gasteiger partial charge >= 0.3 is 12.4 Å². The van der Waals surface area contributed by atoms with Gasteiger partial charge in [0, 0.05) is 34.7 Å². The van der Waals surface area contributed by atoms with E-state index in [1.165, 1.54) is 24.4 Å². The number of rotatable bonds is 3. The fraction of sp³-hybridized carbons (Fsp3) is 0.0833. The van der Waals surface area contributed by atoms with Gasteiger partial charge in [0.05, 0.1) is 16.7 Å². The van der Waals surface area contributed by atoms with Crippen LogP contribution in [0.1, 0.15) is 43.0 Å². The summed E-state index contributed by atoms with van der Waals surface area (Å²) < 4.78 is 81.2. The monoisotopic (exact) mass is 553 g/mol. The molecule has 196 valence electrons. The minimum absolute atomic E-state index is 0.147. The van der Waals surface area contributed by atoms with Crippen LogP contribution >= 0.6 is 11.8 Å². The lowest BCUT2D eigenvalue weighted by atomic mass is 10.0. The van der Waals surface area contributed by atoms with Crippen LogP contribution in [0.15, 0.2) is 65.8 Å². The van der Waals surface area contributed by atoms with E-state index < -0.39 is 52.4 Å². The molecular formula is C24H14ClF6N5O2. The van der Waals surface area contributed by atoms with Crippen LogP contribution in [0, 0.1) is 11.8 Å². The Bertz CT molecular complexity index is 1470. The van der Waals surface area contributed by atoms with Crippen molar-refractivity contribution in [3.63, 3.8) is 0 Å². The average Bonchev–Trinajstić information content (AvgIpc) is 2.85. The molecule has 1 heterocycles. The first-order valence-corrected chi connectivity index (χ1v) is 10.5. The molecule has 0 fully saturated rings. The third kappa shape index (κ3) is 6.80. The van der Waals surface area contributed by atoms with E-state index in [9.17, 15) is 35.9 Å². The molecule has 38 heavy (non-hydrogen) atoms. The number of alkyl halides is 6. The maximum Gasteiger partial charge on any atom is 0.417 e. The number of nitrogens with two attached hydrogens (primary N) is 2. The van der Waals surface area contributed by atoms with Crippen molar-refractivity contribution in [1.29, 1.82) is 0 Å². The maximum absolute atomic E-state index is 13.6. The number of nitrogens with zero attached hydrogens (tertiary/aromatic N) is 3. The second kappa shape index (κ2) is 10.8. The van der Waals surface area contributed by atoms with Crippen molar-refractivity contribution in [2.75, 3.05) is 4.42 Å². The van der Waals surface area contributed by atoms with Gasteiger partial charge in [0.25, 0.3) is 11.8 Å². The Kier molecular flexibility index (Phi) is 7.97. The van der Waals surface area contributed by atoms with Crippen molar-refractivity contribution >= 4 is 35.4 Å². The van der Waals surface area contributed by atoms with Gasteiger partial charge in [-0.2, -0.15) is 35.8 Å². The fourth-order valence-electron chi connectivity index (χ4n) is 3.04. The van der Waals surface area contributed by atoms with E-state index in [0.717, 1.165) is 18.2 Å². The second-order valence-corrected chi connectivity index (χ2v) is 7.76. The molecule has 14 heteroatoms. The number of pyridine rings is 1. The lowest BCUT2D eigenvalue weighted by Gasteiger charge is -2.17. The zero-order chi connectivity index (χ0) is 28.3. The number of hydrogen-bond acceptors (Lipinski definition) is 3. The highest BCUT2D eigenvalue weighted by atomic mass is 35.5. The summed E-state index contributed by atoms with van der Waals surface area (Å²) in [5.41, 5.74) is 5.74. The van der Waals surface area contributed by atoms with Crippen molar-refractivity contribution in [2.45, 2.75) is 12.4 Å². The van der Waals surface area contributed by atoms with Crippen molar-refractivity contribution in [3.05, 3.63) is 94.2 Å². The molecule has 7 nitrogen and oxygen atoms in total. The molecule has 1 aromatic heterocycles. The summed E-state index contributed by atoms with van der Waals surface area (Å²) in [6.45, 7) is 0. The standard InChI is InChI=1S/C24H14ClF6N5O2/c25-36(19-3-1-2-8-34-19)21(38)17-11-13(6-7-18(17)24(29,30)31)4-5-14-9-15(20(37)35-22(32)33)12-16(10-14)23(26,27)28/h1-3,6-12H,(H4,32,33,35,37). The number of guanidine groups is 1. The van der Waals surface area contributed by atoms with Gasteiger partial charge in [-0.05, 0) is 48.5 Å². The Labute approximate surface area is 215 Å². The van der Waals surface area contributed by atoms with Gasteiger partial charge in [0.1, 0.15) is 0 Å². The highest BCUT2D eigenvalue weighted by molar-refractivity contribution is 6.39. The second-order valence-electron chi connectivity index (χ2n) is 7.42. The zero-order valence-corrected chi connectivity index (χ0v) is 19.5. The summed E-state index contributed by atoms with van der Waals surface area (Å²) in [5, 5.41) is 0. The van der Waals surface area contributed by atoms with E-state index in [4.69, 9.17) is 23.2 Å². The molecule has 0 spiro atoms. The number of carbonyl (C=O) groups excluding carboxylic acids is 2. The SMILES string of the molecule is NC(N)=NC(=O)c1cc(C#Cc2ccc(C(F)(F)F)c(C(=O)N(Cl)c3ccccn3)c2)cc(C(F)(F)F)c1. The van der Waals surface area contributed by atoms with Gasteiger partial charge in [-0.15, -0.1) is 0 Å². The van der Waals surface area contributed by atoms with Crippen LogP contribution in [0.25, 0.3) is 0 Å². The van der Waals surface area contributed by atoms with Gasteiger partial charge in [-0.25, -0.2) is 4.98 Å². The summed E-state index contributed by atoms with van der Waals surface area (Å²) in [7, 11) is 0. The minimum atomic E-state index is -4.94. The highest BCUT2D eigenvalue weighted by Crippen LogP contribution is 2.34. The van der Waals surface area contributed by atoms with Gasteiger partial charge in [-0.1, -0.05) is 17.9 Å². The average molecular weight is 554 g/mol. The minimum Gasteiger partial charge on any atom is -0.370 e. The van der Waals surface area contributed by atoms with Crippen LogP contribution in [0.5, 0.6) is 0 Å². The lowest BCUT2D eigenvalue weighted by Crippen LogP contribution is -2.25. The molecule has 3 rings (SSSR count). The van der Waals surface area contributed by atoms with Crippen molar-refractivity contribution < 1.29 is 35.9 Å². The molecule has 4 N–H and O–H groups in total. The number of amides is 2. The Hall–Kier alpha value is -4.57. The van der Waals surface area contributed by atoms with E-state index in [1.807, 2.05) is 0 Å². The van der Waals surface area contributed by atoms with E-state index >= 15 is 0 Å². The molecule has 0 unspecified atom stereocenters. The quantitative estimate of drug-likeness (QED) is 0.160. The highest BCUT2D eigenvalue weighted by Gasteiger charge is 2.37. The molecule has 0 saturated heterocycles. The van der Waals surface area contributed by atoms with E-state index in [2.05, 4.69) is 21.8 Å². The first kappa shape index (κ1) is 28.0. The van der Waals surface area contributed by atoms with Crippen LogP contribution in [0.2, 0.25) is 0 Å². The Morgan fingerprint density at radius 3 is 2.16 bits per heavy atom. The number of aromatic nitrogens is 1. The maximum atomic E-state index is 13.6. The first-order chi connectivity index (χ1) is 17.7. The Morgan fingerprint density at radius 1 is 0.895 bits per heavy atom. The summed E-state index contributed by atoms with van der Waals surface area (Å²) in [6, 6.07) is 8.64. The molecule has 3 aromatic rings. The summed E-state index contributed by atoms with van der Waals surface area (Å²) in [4.78, 5) is 31.9. The largest absolute Gasteiger partial charge is 0.417 e. The first-order valence-electron chi connectivity index (χ1n) is 10.2. The van der Waals surface area contributed by atoms with Crippen LogP contribution in [0.4, 0.5) is 32.2 Å². The molecule has 2 amide bonds. The molecule has 2 aromatic carbocycles. The van der Waals surface area contributed by atoms with Crippen molar-refractivity contribution in [2.24, 2.45) is 16.5 Å². The molecular weight excluding hydrogens is 540 g/mol. The number of benzene rings is 2. The molecule has 0 aliphatic carbocycles. The third-order valence-electron chi connectivity index (χ3n) is 4.67. The lowest BCUT2D eigenvalue weighted by molar-refractivity contribution is -0.138. The molecule has 0 aliphatic rings. The molecule has 0 radical (unpaired) electrons.